The number of aryl methyl sites for hydroxylation is 1. The maximum atomic E-state index is 12.4. The van der Waals surface area contributed by atoms with Gasteiger partial charge in [0.25, 0.3) is 0 Å². The molecule has 1 amide bonds. The molecule has 1 aromatic rings. The highest BCUT2D eigenvalue weighted by molar-refractivity contribution is 5.76. The molecule has 2 saturated heterocycles. The summed E-state index contributed by atoms with van der Waals surface area (Å²) in [7, 11) is 1.97. The minimum Gasteiger partial charge on any atom is -0.346 e. The Balaban J connectivity index is 1.33. The van der Waals surface area contributed by atoms with Gasteiger partial charge < -0.3 is 10.2 Å². The average molecular weight is 314 g/mol. The quantitative estimate of drug-likeness (QED) is 0.783. The van der Waals surface area contributed by atoms with Gasteiger partial charge in [-0.1, -0.05) is 30.3 Å². The zero-order valence-electron chi connectivity index (χ0n) is 14.3. The number of carbonyl (C=O) groups excluding carboxylic acids is 1. The molecule has 0 aromatic heterocycles. The van der Waals surface area contributed by atoms with Crippen LogP contribution in [-0.4, -0.2) is 36.5 Å². The number of rotatable bonds is 7. The number of amides is 1. The second-order valence-corrected chi connectivity index (χ2v) is 7.44. The van der Waals surface area contributed by atoms with Gasteiger partial charge in [0.1, 0.15) is 0 Å². The van der Waals surface area contributed by atoms with Crippen LogP contribution in [0.3, 0.4) is 0 Å². The van der Waals surface area contributed by atoms with E-state index in [-0.39, 0.29) is 0 Å². The van der Waals surface area contributed by atoms with E-state index in [4.69, 9.17) is 0 Å². The molecule has 23 heavy (non-hydrogen) atoms. The summed E-state index contributed by atoms with van der Waals surface area (Å²) < 4.78 is 0. The fourth-order valence-electron chi connectivity index (χ4n) is 4.19. The van der Waals surface area contributed by atoms with Gasteiger partial charge in [0.05, 0.1) is 0 Å². The number of nitrogens with one attached hydrogen (secondary N) is 1. The Hall–Kier alpha value is -1.35. The number of piperidine rings is 1. The van der Waals surface area contributed by atoms with Crippen molar-refractivity contribution in [1.82, 2.24) is 10.2 Å². The molecular weight excluding hydrogens is 284 g/mol. The number of hydrogen-bond donors (Lipinski definition) is 1. The molecule has 3 heteroatoms. The van der Waals surface area contributed by atoms with E-state index < -0.39 is 0 Å². The zero-order valence-corrected chi connectivity index (χ0v) is 14.3. The third-order valence-corrected chi connectivity index (χ3v) is 5.51. The normalized spacial score (nSPS) is 26.2. The Labute approximate surface area is 140 Å². The monoisotopic (exact) mass is 314 g/mol. The molecule has 2 heterocycles. The Morgan fingerprint density at radius 3 is 2.52 bits per heavy atom. The van der Waals surface area contributed by atoms with Crippen molar-refractivity contribution in [3.8, 4) is 0 Å². The number of carbonyl (C=O) groups is 1. The van der Waals surface area contributed by atoms with Crippen molar-refractivity contribution >= 4 is 5.91 Å². The maximum absolute atomic E-state index is 12.4. The summed E-state index contributed by atoms with van der Waals surface area (Å²) in [5, 5.41) is 3.66. The van der Waals surface area contributed by atoms with E-state index >= 15 is 0 Å². The average Bonchev–Trinajstić information content (AvgIpc) is 2.91. The van der Waals surface area contributed by atoms with Gasteiger partial charge in [-0.3, -0.25) is 4.79 Å². The molecule has 2 bridgehead atoms. The first-order valence-electron chi connectivity index (χ1n) is 9.24. The second kappa shape index (κ2) is 7.96. The molecule has 2 unspecified atom stereocenters. The summed E-state index contributed by atoms with van der Waals surface area (Å²) in [6, 6.07) is 12.0. The van der Waals surface area contributed by atoms with E-state index in [1.54, 1.807) is 0 Å². The summed E-state index contributed by atoms with van der Waals surface area (Å²) in [5.41, 5.74) is 1.40. The summed E-state index contributed by atoms with van der Waals surface area (Å²) in [6.07, 6.45) is 9.13. The standard InChI is InChI=1S/C20H30N2O/c1-22(12-6-5-9-16-7-3-2-4-8-16)20(23)15-17-13-18-10-11-19(14-17)21-18/h2-4,7-8,17-19,21H,5-6,9-15H2,1H3. The smallest absolute Gasteiger partial charge is 0.222 e. The fourth-order valence-corrected chi connectivity index (χ4v) is 4.19. The highest BCUT2D eigenvalue weighted by Crippen LogP contribution is 2.32. The largest absolute Gasteiger partial charge is 0.346 e. The number of hydrogen-bond acceptors (Lipinski definition) is 2. The van der Waals surface area contributed by atoms with Crippen molar-refractivity contribution in [2.45, 2.75) is 63.5 Å². The molecule has 0 saturated carbocycles. The molecule has 3 nitrogen and oxygen atoms in total. The first kappa shape index (κ1) is 16.5. The van der Waals surface area contributed by atoms with Crippen molar-refractivity contribution < 1.29 is 4.79 Å². The third-order valence-electron chi connectivity index (χ3n) is 5.51. The zero-order chi connectivity index (χ0) is 16.1. The Morgan fingerprint density at radius 2 is 1.83 bits per heavy atom. The molecule has 2 aliphatic heterocycles. The van der Waals surface area contributed by atoms with Gasteiger partial charge in [-0.05, 0) is 56.4 Å². The van der Waals surface area contributed by atoms with Gasteiger partial charge in [-0.2, -0.15) is 0 Å². The van der Waals surface area contributed by atoms with E-state index in [0.29, 0.717) is 23.9 Å². The number of nitrogens with zero attached hydrogens (tertiary/aromatic N) is 1. The van der Waals surface area contributed by atoms with Crippen molar-refractivity contribution in [2.24, 2.45) is 5.92 Å². The summed E-state index contributed by atoms with van der Waals surface area (Å²) in [5.74, 6) is 0.948. The summed E-state index contributed by atoms with van der Waals surface area (Å²) in [6.45, 7) is 0.892. The van der Waals surface area contributed by atoms with E-state index in [1.807, 2.05) is 11.9 Å². The highest BCUT2D eigenvalue weighted by atomic mass is 16.2. The van der Waals surface area contributed by atoms with Crippen molar-refractivity contribution in [2.75, 3.05) is 13.6 Å². The van der Waals surface area contributed by atoms with E-state index in [0.717, 1.165) is 32.2 Å². The molecule has 0 radical (unpaired) electrons. The van der Waals surface area contributed by atoms with Crippen LogP contribution in [0.15, 0.2) is 30.3 Å². The number of benzene rings is 1. The predicted molar refractivity (Wildman–Crippen MR) is 94.3 cm³/mol. The summed E-state index contributed by atoms with van der Waals surface area (Å²) in [4.78, 5) is 14.4. The molecule has 1 aromatic carbocycles. The lowest BCUT2D eigenvalue weighted by atomic mass is 9.89. The van der Waals surface area contributed by atoms with Crippen LogP contribution in [0.2, 0.25) is 0 Å². The lowest BCUT2D eigenvalue weighted by molar-refractivity contribution is -0.131. The van der Waals surface area contributed by atoms with Gasteiger partial charge in [-0.15, -0.1) is 0 Å². The van der Waals surface area contributed by atoms with Crippen LogP contribution in [0.5, 0.6) is 0 Å². The van der Waals surface area contributed by atoms with Crippen LogP contribution in [0.1, 0.15) is 50.5 Å². The minimum atomic E-state index is 0.344. The minimum absolute atomic E-state index is 0.344. The SMILES string of the molecule is CN(CCCCc1ccccc1)C(=O)CC1CC2CCC(C1)N2. The molecule has 0 spiro atoms. The molecule has 126 valence electrons. The Kier molecular flexibility index (Phi) is 5.71. The molecule has 2 fully saturated rings. The predicted octanol–water partition coefficient (Wildman–Crippen LogP) is 3.39. The van der Waals surface area contributed by atoms with Gasteiger partial charge in [0.15, 0.2) is 0 Å². The van der Waals surface area contributed by atoms with E-state index in [1.165, 1.54) is 31.2 Å². The van der Waals surface area contributed by atoms with Crippen LogP contribution in [0.25, 0.3) is 0 Å². The molecule has 0 aliphatic carbocycles. The molecule has 2 atom stereocenters. The maximum Gasteiger partial charge on any atom is 0.222 e. The van der Waals surface area contributed by atoms with Crippen LogP contribution >= 0.6 is 0 Å². The lowest BCUT2D eigenvalue weighted by Gasteiger charge is -2.30. The number of fused-ring (bicyclic) bond motifs is 2. The fraction of sp³-hybridized carbons (Fsp3) is 0.650. The van der Waals surface area contributed by atoms with Crippen molar-refractivity contribution in [3.05, 3.63) is 35.9 Å². The first-order valence-corrected chi connectivity index (χ1v) is 9.24. The molecule has 2 aliphatic rings. The van der Waals surface area contributed by atoms with Crippen LogP contribution in [-0.2, 0) is 11.2 Å². The van der Waals surface area contributed by atoms with Crippen LogP contribution in [0, 0.1) is 5.92 Å². The molecule has 3 rings (SSSR count). The van der Waals surface area contributed by atoms with E-state index in [2.05, 4.69) is 35.6 Å². The van der Waals surface area contributed by atoms with Gasteiger partial charge in [0.2, 0.25) is 5.91 Å². The van der Waals surface area contributed by atoms with Crippen molar-refractivity contribution in [3.63, 3.8) is 0 Å². The van der Waals surface area contributed by atoms with Crippen LogP contribution < -0.4 is 5.32 Å². The Morgan fingerprint density at radius 1 is 1.13 bits per heavy atom. The summed E-state index contributed by atoms with van der Waals surface area (Å²) >= 11 is 0. The number of unbranched alkanes of at least 4 members (excludes halogenated alkanes) is 1. The lowest BCUT2D eigenvalue weighted by Crippen LogP contribution is -2.40. The second-order valence-electron chi connectivity index (χ2n) is 7.44. The van der Waals surface area contributed by atoms with Gasteiger partial charge in [-0.25, -0.2) is 0 Å². The Bertz CT molecular complexity index is 490. The molecular formula is C20H30N2O. The third kappa shape index (κ3) is 4.81. The first-order chi connectivity index (χ1) is 11.2. The van der Waals surface area contributed by atoms with Gasteiger partial charge in [0, 0.05) is 32.1 Å². The topological polar surface area (TPSA) is 32.3 Å². The van der Waals surface area contributed by atoms with E-state index in [9.17, 15) is 4.79 Å². The highest BCUT2D eigenvalue weighted by Gasteiger charge is 2.34. The van der Waals surface area contributed by atoms with Crippen molar-refractivity contribution in [1.29, 1.82) is 0 Å². The van der Waals surface area contributed by atoms with Gasteiger partial charge >= 0.3 is 0 Å². The van der Waals surface area contributed by atoms with Crippen LogP contribution in [0.4, 0.5) is 0 Å². The molecule has 1 N–H and O–H groups in total.